The van der Waals surface area contributed by atoms with Crippen molar-refractivity contribution in [1.82, 2.24) is 9.29 Å². The van der Waals surface area contributed by atoms with Crippen LogP contribution in [0, 0.1) is 15.9 Å². The number of fused-ring (bicyclic) bond motifs is 1. The number of nitro benzene ring substituents is 1. The zero-order valence-corrected chi connectivity index (χ0v) is 21.2. The van der Waals surface area contributed by atoms with Crippen LogP contribution >= 0.6 is 0 Å². The second-order valence-corrected chi connectivity index (χ2v) is 10.4. The standard InChI is InChI=1S/C26H23FN4O6S/c1-30(38(35,36)20-10-8-19(9-11-20)31(33)34)16-24(17-5-3-6-18(27)15-17)29-23-13-12-22(26(32)37-2)25-21(23)7-4-14-28-25/h3-15,24,29H,16H2,1-2H3/t24-/m1/s1. The number of aromatic nitrogens is 1. The molecule has 0 amide bonds. The first kappa shape index (κ1) is 26.6. The van der Waals surface area contributed by atoms with Crippen molar-refractivity contribution in [3.63, 3.8) is 0 Å². The lowest BCUT2D eigenvalue weighted by Gasteiger charge is -2.27. The van der Waals surface area contributed by atoms with Gasteiger partial charge in [0.2, 0.25) is 10.0 Å². The fourth-order valence-electron chi connectivity index (χ4n) is 3.99. The summed E-state index contributed by atoms with van der Waals surface area (Å²) < 4.78 is 46.6. The maximum absolute atomic E-state index is 14.2. The van der Waals surface area contributed by atoms with E-state index in [1.165, 1.54) is 50.7 Å². The number of benzene rings is 3. The van der Waals surface area contributed by atoms with Crippen LogP contribution in [0.3, 0.4) is 0 Å². The number of anilines is 1. The van der Waals surface area contributed by atoms with Gasteiger partial charge in [-0.3, -0.25) is 15.1 Å². The summed E-state index contributed by atoms with van der Waals surface area (Å²) in [6, 6.07) is 16.2. The molecule has 0 unspecified atom stereocenters. The first-order chi connectivity index (χ1) is 18.1. The van der Waals surface area contributed by atoms with E-state index in [2.05, 4.69) is 10.3 Å². The van der Waals surface area contributed by atoms with Crippen LogP contribution in [0.2, 0.25) is 0 Å². The van der Waals surface area contributed by atoms with Crippen LogP contribution in [0.5, 0.6) is 0 Å². The van der Waals surface area contributed by atoms with Crippen molar-refractivity contribution in [1.29, 1.82) is 0 Å². The molecule has 0 aliphatic heterocycles. The highest BCUT2D eigenvalue weighted by Gasteiger charge is 2.26. The van der Waals surface area contributed by atoms with Crippen LogP contribution in [0.4, 0.5) is 15.8 Å². The second kappa shape index (κ2) is 10.9. The van der Waals surface area contributed by atoms with Crippen molar-refractivity contribution < 1.29 is 27.3 Å². The minimum absolute atomic E-state index is 0.122. The number of ether oxygens (including phenoxy) is 1. The number of nitrogens with zero attached hydrogens (tertiary/aromatic N) is 3. The van der Waals surface area contributed by atoms with E-state index in [-0.39, 0.29) is 22.7 Å². The number of rotatable bonds is 9. The molecule has 1 N–H and O–H groups in total. The first-order valence-corrected chi connectivity index (χ1v) is 12.7. The van der Waals surface area contributed by atoms with Crippen LogP contribution in [-0.2, 0) is 14.8 Å². The lowest BCUT2D eigenvalue weighted by Crippen LogP contribution is -2.33. The molecule has 196 valence electrons. The summed E-state index contributed by atoms with van der Waals surface area (Å²) in [4.78, 5) is 26.7. The number of non-ortho nitro benzene ring substituents is 1. The Kier molecular flexibility index (Phi) is 7.65. The molecule has 1 heterocycles. The molecule has 1 atom stereocenters. The topological polar surface area (TPSA) is 132 Å². The van der Waals surface area contributed by atoms with Crippen molar-refractivity contribution in [3.05, 3.63) is 106 Å². The average molecular weight is 539 g/mol. The Morgan fingerprint density at radius 1 is 1.13 bits per heavy atom. The number of nitro groups is 1. The molecular weight excluding hydrogens is 515 g/mol. The van der Waals surface area contributed by atoms with Crippen LogP contribution in [-0.4, -0.2) is 49.3 Å². The number of hydrogen-bond donors (Lipinski definition) is 1. The number of likely N-dealkylation sites (N-methyl/N-ethyl adjacent to an activating group) is 1. The van der Waals surface area contributed by atoms with Gasteiger partial charge in [-0.2, -0.15) is 4.31 Å². The lowest BCUT2D eigenvalue weighted by molar-refractivity contribution is -0.384. The quantitative estimate of drug-likeness (QED) is 0.187. The largest absolute Gasteiger partial charge is 0.465 e. The molecule has 10 nitrogen and oxygen atoms in total. The summed E-state index contributed by atoms with van der Waals surface area (Å²) >= 11 is 0. The Morgan fingerprint density at radius 3 is 2.53 bits per heavy atom. The van der Waals surface area contributed by atoms with E-state index in [1.807, 2.05) is 0 Å². The monoisotopic (exact) mass is 538 g/mol. The van der Waals surface area contributed by atoms with Crippen molar-refractivity contribution in [2.24, 2.45) is 0 Å². The van der Waals surface area contributed by atoms with Gasteiger partial charge in [0.1, 0.15) is 5.82 Å². The Morgan fingerprint density at radius 2 is 1.87 bits per heavy atom. The van der Waals surface area contributed by atoms with E-state index in [0.717, 1.165) is 16.4 Å². The molecule has 3 aromatic carbocycles. The highest BCUT2D eigenvalue weighted by Crippen LogP contribution is 2.30. The number of carbonyl (C=O) groups excluding carboxylic acids is 1. The maximum atomic E-state index is 14.2. The number of methoxy groups -OCH3 is 1. The Hall–Kier alpha value is -4.42. The van der Waals surface area contributed by atoms with E-state index in [4.69, 9.17) is 4.74 Å². The molecule has 0 aliphatic carbocycles. The van der Waals surface area contributed by atoms with Crippen molar-refractivity contribution in [2.45, 2.75) is 10.9 Å². The molecule has 0 fully saturated rings. The fourth-order valence-corrected chi connectivity index (χ4v) is 5.18. The summed E-state index contributed by atoms with van der Waals surface area (Å²) in [5.74, 6) is -1.06. The fraction of sp³-hybridized carbons (Fsp3) is 0.154. The van der Waals surface area contributed by atoms with Crippen LogP contribution in [0.25, 0.3) is 10.9 Å². The molecule has 12 heteroatoms. The highest BCUT2D eigenvalue weighted by atomic mass is 32.2. The number of halogens is 1. The van der Waals surface area contributed by atoms with Gasteiger partial charge in [0.15, 0.2) is 0 Å². The van der Waals surface area contributed by atoms with Gasteiger partial charge in [-0.15, -0.1) is 0 Å². The molecule has 4 aromatic rings. The molecule has 1 aromatic heterocycles. The third-order valence-electron chi connectivity index (χ3n) is 5.95. The van der Waals surface area contributed by atoms with E-state index >= 15 is 0 Å². The van der Waals surface area contributed by atoms with E-state index in [0.29, 0.717) is 22.2 Å². The highest BCUT2D eigenvalue weighted by molar-refractivity contribution is 7.89. The third kappa shape index (κ3) is 5.45. The lowest BCUT2D eigenvalue weighted by atomic mass is 10.0. The predicted molar refractivity (Wildman–Crippen MR) is 139 cm³/mol. The smallest absolute Gasteiger partial charge is 0.340 e. The molecule has 0 bridgehead atoms. The van der Waals surface area contributed by atoms with E-state index < -0.39 is 32.8 Å². The third-order valence-corrected chi connectivity index (χ3v) is 7.79. The van der Waals surface area contributed by atoms with Crippen molar-refractivity contribution >= 4 is 38.3 Å². The SMILES string of the molecule is COC(=O)c1ccc(N[C@H](CN(C)S(=O)(=O)c2ccc([N+](=O)[O-])cc2)c2cccc(F)c2)c2cccnc12. The number of esters is 1. The van der Waals surface area contributed by atoms with Gasteiger partial charge in [0.25, 0.3) is 5.69 Å². The first-order valence-electron chi connectivity index (χ1n) is 11.3. The van der Waals surface area contributed by atoms with Gasteiger partial charge in [-0.25, -0.2) is 17.6 Å². The Bertz CT molecular complexity index is 1610. The summed E-state index contributed by atoms with van der Waals surface area (Å²) in [5.41, 5.74) is 1.42. The van der Waals surface area contributed by atoms with Crippen molar-refractivity contribution in [3.8, 4) is 0 Å². The van der Waals surface area contributed by atoms with E-state index in [9.17, 15) is 27.7 Å². The molecule has 0 radical (unpaired) electrons. The van der Waals surface area contributed by atoms with Gasteiger partial charge in [-0.1, -0.05) is 12.1 Å². The minimum Gasteiger partial charge on any atom is -0.465 e. The predicted octanol–water partition coefficient (Wildman–Crippen LogP) is 4.54. The molecule has 0 aliphatic rings. The van der Waals surface area contributed by atoms with Gasteiger partial charge in [-0.05, 0) is 54.1 Å². The molecule has 4 rings (SSSR count). The second-order valence-electron chi connectivity index (χ2n) is 8.34. The van der Waals surface area contributed by atoms with Crippen LogP contribution < -0.4 is 5.32 Å². The summed E-state index contributed by atoms with van der Waals surface area (Å²) in [6.45, 7) is -0.122. The maximum Gasteiger partial charge on any atom is 0.340 e. The van der Waals surface area contributed by atoms with E-state index in [1.54, 1.807) is 30.3 Å². The molecule has 38 heavy (non-hydrogen) atoms. The molecule has 0 saturated heterocycles. The molecule has 0 spiro atoms. The summed E-state index contributed by atoms with van der Waals surface area (Å²) in [5, 5.41) is 14.8. The minimum atomic E-state index is -4.05. The van der Waals surface area contributed by atoms with Gasteiger partial charge < -0.3 is 10.1 Å². The number of hydrogen-bond acceptors (Lipinski definition) is 8. The van der Waals surface area contributed by atoms with Crippen LogP contribution in [0.1, 0.15) is 22.0 Å². The van der Waals surface area contributed by atoms with Gasteiger partial charge in [0, 0.05) is 43.0 Å². The van der Waals surface area contributed by atoms with Gasteiger partial charge in [0.05, 0.1) is 34.1 Å². The van der Waals surface area contributed by atoms with Gasteiger partial charge >= 0.3 is 5.97 Å². The molecular formula is C26H23FN4O6S. The molecule has 0 saturated carbocycles. The van der Waals surface area contributed by atoms with Crippen LogP contribution in [0.15, 0.2) is 83.9 Å². The number of sulfonamides is 1. The average Bonchev–Trinajstić information content (AvgIpc) is 2.92. The number of nitrogens with one attached hydrogen (secondary N) is 1. The zero-order chi connectivity index (χ0) is 27.4. The summed E-state index contributed by atoms with van der Waals surface area (Å²) in [7, 11) is -1.41. The summed E-state index contributed by atoms with van der Waals surface area (Å²) in [6.07, 6.45) is 1.53. The normalized spacial score (nSPS) is 12.3. The van der Waals surface area contributed by atoms with Crippen molar-refractivity contribution in [2.75, 3.05) is 26.0 Å². The number of carbonyl (C=O) groups is 1. The number of pyridine rings is 1. The Labute approximate surface area is 217 Å². The zero-order valence-electron chi connectivity index (χ0n) is 20.4. The Balaban J connectivity index is 1.71.